The second-order valence-corrected chi connectivity index (χ2v) is 20.0. The largest absolute Gasteiger partial charge is 0.394 e. The average Bonchev–Trinajstić information content (AvgIpc) is 3.53. The summed E-state index contributed by atoms with van der Waals surface area (Å²) in [5, 5.41) is 52.5. The summed E-state index contributed by atoms with van der Waals surface area (Å²) < 4.78 is 0. The topological polar surface area (TPSA) is 101 Å². The van der Waals surface area contributed by atoms with Crippen molar-refractivity contribution in [2.75, 3.05) is 6.61 Å². The Kier molecular flexibility index (Phi) is 9.36. The van der Waals surface area contributed by atoms with Gasteiger partial charge in [-0.25, -0.2) is 0 Å². The summed E-state index contributed by atoms with van der Waals surface area (Å²) in [4.78, 5) is 0. The first-order valence-electron chi connectivity index (χ1n) is 20.6. The van der Waals surface area contributed by atoms with Crippen molar-refractivity contribution in [1.82, 2.24) is 0 Å². The lowest BCUT2D eigenvalue weighted by Gasteiger charge is -2.63. The van der Waals surface area contributed by atoms with E-state index in [1.165, 1.54) is 19.3 Å². The Hall–Kier alpha value is -0.200. The van der Waals surface area contributed by atoms with E-state index in [1.54, 1.807) is 51.4 Å². The predicted octanol–water partition coefficient (Wildman–Crippen LogP) is 7.89. The third kappa shape index (κ3) is 5.14. The van der Waals surface area contributed by atoms with E-state index in [0.717, 1.165) is 73.5 Å². The lowest BCUT2D eigenvalue weighted by molar-refractivity contribution is -0.224. The molecule has 0 amide bonds. The molecule has 8 rings (SSSR count). The maximum Gasteiger partial charge on any atom is 0.106 e. The molecule has 0 saturated heterocycles. The van der Waals surface area contributed by atoms with Gasteiger partial charge in [-0.1, -0.05) is 53.9 Å². The number of rotatable bonds is 3. The molecule has 270 valence electrons. The van der Waals surface area contributed by atoms with Crippen LogP contribution in [0, 0.1) is 74.9 Å². The molecule has 1 unspecified atom stereocenters. The van der Waals surface area contributed by atoms with E-state index in [0.29, 0.717) is 30.1 Å². The molecule has 5 N–H and O–H groups in total. The molecule has 8 aliphatic carbocycles. The van der Waals surface area contributed by atoms with Gasteiger partial charge in [-0.3, -0.25) is 0 Å². The van der Waals surface area contributed by atoms with E-state index in [1.807, 2.05) is 6.92 Å². The van der Waals surface area contributed by atoms with Crippen LogP contribution in [-0.2, 0) is 0 Å². The minimum absolute atomic E-state index is 0.0548. The summed E-state index contributed by atoms with van der Waals surface area (Å²) >= 11 is 0. The summed E-state index contributed by atoms with van der Waals surface area (Å²) in [6, 6.07) is 0. The minimum Gasteiger partial charge on any atom is -0.394 e. The fraction of sp³-hybridized carbons (Fsp3) is 1.00. The van der Waals surface area contributed by atoms with Gasteiger partial charge in [0.15, 0.2) is 0 Å². The van der Waals surface area contributed by atoms with Crippen molar-refractivity contribution in [3.8, 4) is 0 Å². The smallest absolute Gasteiger partial charge is 0.106 e. The Morgan fingerprint density at radius 2 is 1.34 bits per heavy atom. The van der Waals surface area contributed by atoms with E-state index in [2.05, 4.69) is 27.7 Å². The number of hydrogen-bond donors (Lipinski definition) is 5. The number of hydrogen-bond acceptors (Lipinski definition) is 5. The van der Waals surface area contributed by atoms with Crippen LogP contribution < -0.4 is 0 Å². The van der Waals surface area contributed by atoms with Crippen molar-refractivity contribution in [1.29, 1.82) is 0 Å². The lowest BCUT2D eigenvalue weighted by Crippen LogP contribution is -2.64. The van der Waals surface area contributed by atoms with Gasteiger partial charge in [-0.2, -0.15) is 0 Å². The first kappa shape index (κ1) is 35.2. The summed E-state index contributed by atoms with van der Waals surface area (Å²) in [6.45, 7) is 11.7. The fourth-order valence-electron chi connectivity index (χ4n) is 16.2. The molecule has 5 nitrogen and oxygen atoms in total. The van der Waals surface area contributed by atoms with E-state index in [4.69, 9.17) is 0 Å². The van der Waals surface area contributed by atoms with Crippen LogP contribution in [0.2, 0.25) is 0 Å². The lowest BCUT2D eigenvalue weighted by atomic mass is 9.43. The average molecular weight is 657 g/mol. The molecule has 0 radical (unpaired) electrons. The van der Waals surface area contributed by atoms with Crippen LogP contribution in [0.25, 0.3) is 0 Å². The van der Waals surface area contributed by atoms with Crippen LogP contribution in [0.3, 0.4) is 0 Å². The second-order valence-electron chi connectivity index (χ2n) is 20.0. The third-order valence-corrected chi connectivity index (χ3v) is 18.8. The minimum atomic E-state index is -1.32. The van der Waals surface area contributed by atoms with E-state index in [-0.39, 0.29) is 23.4 Å². The van der Waals surface area contributed by atoms with Crippen LogP contribution in [0.5, 0.6) is 0 Å². The molecule has 8 aliphatic rings. The van der Waals surface area contributed by atoms with Crippen molar-refractivity contribution in [3.05, 3.63) is 0 Å². The van der Waals surface area contributed by atoms with Crippen molar-refractivity contribution >= 4 is 0 Å². The van der Waals surface area contributed by atoms with Gasteiger partial charge in [0.05, 0.1) is 24.4 Å². The third-order valence-electron chi connectivity index (χ3n) is 18.8. The number of aliphatic hydroxyl groups excluding tert-OH is 4. The first-order chi connectivity index (χ1) is 22.3. The number of aliphatic hydroxyl groups is 5. The zero-order valence-electron chi connectivity index (χ0n) is 30.8. The second kappa shape index (κ2) is 12.5. The maximum absolute atomic E-state index is 11.3. The molecule has 17 atom stereocenters. The highest BCUT2D eigenvalue weighted by molar-refractivity contribution is 5.18. The number of fused-ring (bicyclic) bond motifs is 10. The maximum atomic E-state index is 11.3. The highest BCUT2D eigenvalue weighted by Crippen LogP contribution is 2.70. The van der Waals surface area contributed by atoms with Gasteiger partial charge in [0.2, 0.25) is 0 Å². The Morgan fingerprint density at radius 1 is 0.660 bits per heavy atom. The standard InChI is InChI=1S/C21H36O5.C21H36/c1-19-7-5-13(23)9-12(19)3-4-14-15-6-8-21(26,17(25)11-22)20(15,2)10-16(24)18(14)19;1-4-15-9-11-18-17-10-8-16-7-5-6-13-20(16,2)19(17)12-14-21(15,18)3/h12-18,22-26H,3-11H2,1-2H3;15-19H,4-14H2,1-3H3/t12-,13-,14+,15+,16+,17?,18-,19+,20+,21+;15-,16-,17-,18-,19-,20-,21+/m10/s1. The van der Waals surface area contributed by atoms with Gasteiger partial charge < -0.3 is 25.5 Å². The zero-order valence-corrected chi connectivity index (χ0v) is 30.8. The summed E-state index contributed by atoms with van der Waals surface area (Å²) in [5.74, 6) is 6.69. The van der Waals surface area contributed by atoms with E-state index in [9.17, 15) is 25.5 Å². The summed E-state index contributed by atoms with van der Waals surface area (Å²) in [5.41, 5.74) is -0.383. The summed E-state index contributed by atoms with van der Waals surface area (Å²) in [6.07, 6.45) is 21.7. The SMILES string of the molecule is CC[C@H]1CC[C@H]2[C@@H]3CC[C@@H]4CCCC[C@]4(C)[C@H]3CC[C@]12C.C[C@]12CC[C@@H](O)C[C@H]1CC[C@@H]1[C@@H]2[C@@H](O)C[C@@]2(C)[C@H]1CC[C@]2(O)C(O)CO. The molecule has 0 aromatic carbocycles. The van der Waals surface area contributed by atoms with Gasteiger partial charge in [-0.05, 0) is 172 Å². The van der Waals surface area contributed by atoms with E-state index >= 15 is 0 Å². The van der Waals surface area contributed by atoms with Crippen LogP contribution in [0.4, 0.5) is 0 Å². The van der Waals surface area contributed by atoms with Gasteiger partial charge in [0.25, 0.3) is 0 Å². The molecule has 0 aliphatic heterocycles. The highest BCUT2D eigenvalue weighted by atomic mass is 16.4. The summed E-state index contributed by atoms with van der Waals surface area (Å²) in [7, 11) is 0. The molecular formula is C42H72O5. The molecule has 8 saturated carbocycles. The Labute approximate surface area is 287 Å². The monoisotopic (exact) mass is 657 g/mol. The van der Waals surface area contributed by atoms with Crippen molar-refractivity contribution in [3.63, 3.8) is 0 Å². The molecule has 0 heterocycles. The van der Waals surface area contributed by atoms with Crippen molar-refractivity contribution < 1.29 is 25.5 Å². The van der Waals surface area contributed by atoms with Crippen LogP contribution >= 0.6 is 0 Å². The quantitative estimate of drug-likeness (QED) is 0.213. The zero-order chi connectivity index (χ0) is 33.6. The van der Waals surface area contributed by atoms with Crippen molar-refractivity contribution in [2.45, 2.75) is 181 Å². The van der Waals surface area contributed by atoms with Crippen molar-refractivity contribution in [2.24, 2.45) is 74.9 Å². The fourth-order valence-corrected chi connectivity index (χ4v) is 16.2. The van der Waals surface area contributed by atoms with Crippen LogP contribution in [-0.4, -0.2) is 56.1 Å². The predicted molar refractivity (Wildman–Crippen MR) is 187 cm³/mol. The molecular weight excluding hydrogens is 584 g/mol. The van der Waals surface area contributed by atoms with Crippen LogP contribution in [0.1, 0.15) is 157 Å². The van der Waals surface area contributed by atoms with Gasteiger partial charge >= 0.3 is 0 Å². The molecule has 0 bridgehead atoms. The molecule has 0 spiro atoms. The van der Waals surface area contributed by atoms with Gasteiger partial charge in [0, 0.05) is 5.41 Å². The Balaban J connectivity index is 0.000000153. The molecule has 47 heavy (non-hydrogen) atoms. The first-order valence-corrected chi connectivity index (χ1v) is 20.6. The highest BCUT2D eigenvalue weighted by Gasteiger charge is 2.68. The normalized spacial score (nSPS) is 57.2. The van der Waals surface area contributed by atoms with Gasteiger partial charge in [0.1, 0.15) is 6.10 Å². The molecule has 8 fully saturated rings. The Morgan fingerprint density at radius 3 is 2.09 bits per heavy atom. The van der Waals surface area contributed by atoms with E-state index < -0.39 is 29.8 Å². The molecule has 5 heteroatoms. The molecule has 0 aromatic rings. The van der Waals surface area contributed by atoms with Gasteiger partial charge in [-0.15, -0.1) is 0 Å². The Bertz CT molecular complexity index is 1130. The molecule has 0 aromatic heterocycles. The van der Waals surface area contributed by atoms with Crippen LogP contribution in [0.15, 0.2) is 0 Å².